The van der Waals surface area contributed by atoms with E-state index in [0.29, 0.717) is 5.56 Å². The van der Waals surface area contributed by atoms with Gasteiger partial charge in [0.05, 0.1) is 12.1 Å². The first kappa shape index (κ1) is 29.2. The van der Waals surface area contributed by atoms with Gasteiger partial charge in [-0.2, -0.15) is 0 Å². The number of aliphatic hydroxyl groups is 3. The molecule has 1 aliphatic heterocycles. The number of H-pyrrole nitrogens is 1. The molecule has 0 saturated carbocycles. The molecular formula is C23H34N3O10P. The van der Waals surface area contributed by atoms with Crippen molar-refractivity contribution in [3.8, 4) is 0 Å². The summed E-state index contributed by atoms with van der Waals surface area (Å²) < 4.78 is 23.0. The summed E-state index contributed by atoms with van der Waals surface area (Å²) in [5.41, 5.74) is 1.48. The van der Waals surface area contributed by atoms with E-state index in [1.165, 1.54) is 6.92 Å². The number of benzene rings is 1. The molecule has 206 valence electrons. The minimum absolute atomic E-state index is 0.0347. The molecule has 8 N–H and O–H groups in total. The summed E-state index contributed by atoms with van der Waals surface area (Å²) in [5, 5.41) is 45.0. The highest BCUT2D eigenvalue weighted by molar-refractivity contribution is 7.50. The Morgan fingerprint density at radius 2 is 1.81 bits per heavy atom. The number of para-hydroxylation sites is 1. The number of rotatable bonds is 11. The fraction of sp³-hybridized carbons (Fsp3) is 0.565. The van der Waals surface area contributed by atoms with Crippen LogP contribution >= 0.6 is 7.75 Å². The topological polar surface area (TPSA) is 211 Å². The SMILES string of the molecule is CC(C)C[C@@H](NP(=O)(O)O[C@H]1O[C@@H](C)[C@H](O)[C@@H](O)[C@H]1O)C(=O)N[C@H](Cc1c[nH]c2ccccc12)C(=O)O. The van der Waals surface area contributed by atoms with Crippen LogP contribution in [0.1, 0.15) is 32.8 Å². The van der Waals surface area contributed by atoms with E-state index >= 15 is 0 Å². The molecule has 8 atom stereocenters. The zero-order valence-corrected chi connectivity index (χ0v) is 21.5. The summed E-state index contributed by atoms with van der Waals surface area (Å²) in [5.74, 6) is -2.27. The lowest BCUT2D eigenvalue weighted by Gasteiger charge is -2.39. The second kappa shape index (κ2) is 12.0. The second-order valence-electron chi connectivity index (χ2n) is 9.58. The average molecular weight is 544 g/mol. The van der Waals surface area contributed by atoms with Crippen LogP contribution in [0.3, 0.4) is 0 Å². The van der Waals surface area contributed by atoms with Crippen molar-refractivity contribution in [3.63, 3.8) is 0 Å². The van der Waals surface area contributed by atoms with Gasteiger partial charge in [0, 0.05) is 23.5 Å². The number of aliphatic hydroxyl groups excluding tert-OH is 3. The number of aromatic amines is 1. The molecule has 0 bridgehead atoms. The van der Waals surface area contributed by atoms with Crippen molar-refractivity contribution >= 4 is 30.5 Å². The molecular weight excluding hydrogens is 509 g/mol. The molecule has 1 aliphatic rings. The lowest BCUT2D eigenvalue weighted by Crippen LogP contribution is -2.57. The minimum atomic E-state index is -4.83. The van der Waals surface area contributed by atoms with Crippen molar-refractivity contribution in [2.24, 2.45) is 5.92 Å². The van der Waals surface area contributed by atoms with Crippen LogP contribution in [0.15, 0.2) is 30.5 Å². The zero-order valence-electron chi connectivity index (χ0n) is 20.6. The third-order valence-electron chi connectivity index (χ3n) is 6.11. The molecule has 2 aromatic rings. The van der Waals surface area contributed by atoms with Gasteiger partial charge in [-0.25, -0.2) is 14.4 Å². The van der Waals surface area contributed by atoms with E-state index in [1.54, 1.807) is 20.0 Å². The summed E-state index contributed by atoms with van der Waals surface area (Å²) in [6, 6.07) is 4.63. The first-order valence-corrected chi connectivity index (χ1v) is 13.4. The molecule has 1 unspecified atom stereocenters. The Bertz CT molecular complexity index is 1140. The predicted molar refractivity (Wildman–Crippen MR) is 131 cm³/mol. The third kappa shape index (κ3) is 7.37. The standard InChI is InChI=1S/C23H34N3O10P/c1-11(2)8-16(26-37(33,34)36-23-20(29)19(28)18(27)12(3)35-23)21(30)25-17(22(31)32)9-13-10-24-15-7-5-4-6-14(13)15/h4-7,10-12,16-20,23-24,27-29H,8-9H2,1-3H3,(H,25,30)(H,31,32)(H2,26,33,34)/t12-,16+,17+,18-,19+,20+,23+/m0/s1. The van der Waals surface area contributed by atoms with Gasteiger partial charge in [-0.3, -0.25) is 9.32 Å². The number of ether oxygens (including phenoxy) is 1. The van der Waals surface area contributed by atoms with Crippen LogP contribution in [0.2, 0.25) is 0 Å². The van der Waals surface area contributed by atoms with Gasteiger partial charge in [-0.05, 0) is 30.9 Å². The Morgan fingerprint density at radius 1 is 1.14 bits per heavy atom. The van der Waals surface area contributed by atoms with Crippen LogP contribution in [0.5, 0.6) is 0 Å². The van der Waals surface area contributed by atoms with Gasteiger partial charge < -0.3 is 40.4 Å². The highest BCUT2D eigenvalue weighted by Crippen LogP contribution is 2.42. The van der Waals surface area contributed by atoms with Crippen LogP contribution in [-0.4, -0.2) is 85.0 Å². The summed E-state index contributed by atoms with van der Waals surface area (Å²) in [7, 11) is -4.83. The number of carboxylic acid groups (broad SMARTS) is 1. The molecule has 1 aromatic carbocycles. The molecule has 3 rings (SSSR count). The molecule has 37 heavy (non-hydrogen) atoms. The van der Waals surface area contributed by atoms with Gasteiger partial charge in [-0.15, -0.1) is 0 Å². The lowest BCUT2D eigenvalue weighted by atomic mass is 10.0. The first-order valence-electron chi connectivity index (χ1n) is 11.9. The molecule has 1 amide bonds. The number of nitrogens with one attached hydrogen (secondary N) is 3. The summed E-state index contributed by atoms with van der Waals surface area (Å²) in [6.07, 6.45) is -6.08. The molecule has 13 nitrogen and oxygen atoms in total. The number of carboxylic acids is 1. The number of amides is 1. The monoisotopic (exact) mass is 543 g/mol. The second-order valence-corrected chi connectivity index (χ2v) is 11.1. The average Bonchev–Trinajstić information content (AvgIpc) is 3.22. The quantitative estimate of drug-likeness (QED) is 0.180. The van der Waals surface area contributed by atoms with Gasteiger partial charge in [0.2, 0.25) is 5.91 Å². The molecule has 2 heterocycles. The Hall–Kier alpha value is -2.35. The van der Waals surface area contributed by atoms with E-state index in [9.17, 15) is 39.5 Å². The minimum Gasteiger partial charge on any atom is -0.480 e. The van der Waals surface area contributed by atoms with E-state index in [1.807, 2.05) is 24.3 Å². The lowest BCUT2D eigenvalue weighted by molar-refractivity contribution is -0.270. The maximum atomic E-state index is 13.1. The summed E-state index contributed by atoms with van der Waals surface area (Å²) in [6.45, 7) is 4.90. The van der Waals surface area contributed by atoms with Crippen molar-refractivity contribution < 1.29 is 48.7 Å². The van der Waals surface area contributed by atoms with E-state index < -0.39 is 62.4 Å². The fourth-order valence-electron chi connectivity index (χ4n) is 4.15. The Morgan fingerprint density at radius 3 is 2.46 bits per heavy atom. The smallest absolute Gasteiger partial charge is 0.406 e. The number of hydrogen-bond acceptors (Lipinski definition) is 8. The maximum Gasteiger partial charge on any atom is 0.406 e. The van der Waals surface area contributed by atoms with Crippen LogP contribution in [0, 0.1) is 5.92 Å². The maximum absolute atomic E-state index is 13.1. The van der Waals surface area contributed by atoms with Crippen molar-refractivity contribution in [2.45, 2.75) is 76.4 Å². The number of carbonyl (C=O) groups excluding carboxylic acids is 1. The van der Waals surface area contributed by atoms with Gasteiger partial charge in [0.1, 0.15) is 24.4 Å². The molecule has 0 radical (unpaired) electrons. The Balaban J connectivity index is 1.72. The van der Waals surface area contributed by atoms with Crippen LogP contribution in [-0.2, 0) is 29.8 Å². The molecule has 0 spiro atoms. The first-order chi connectivity index (χ1) is 17.3. The zero-order chi connectivity index (χ0) is 27.5. The number of aliphatic carboxylic acids is 1. The normalized spacial score (nSPS) is 27.5. The largest absolute Gasteiger partial charge is 0.480 e. The van der Waals surface area contributed by atoms with Gasteiger partial charge in [-0.1, -0.05) is 32.0 Å². The Kier molecular flexibility index (Phi) is 9.48. The molecule has 1 fully saturated rings. The molecule has 14 heteroatoms. The Labute approximate surface area is 213 Å². The molecule has 0 aliphatic carbocycles. The van der Waals surface area contributed by atoms with Crippen molar-refractivity contribution in [1.82, 2.24) is 15.4 Å². The summed E-state index contributed by atoms with van der Waals surface area (Å²) in [4.78, 5) is 38.5. The van der Waals surface area contributed by atoms with E-state index in [4.69, 9.17) is 9.26 Å². The highest BCUT2D eigenvalue weighted by Gasteiger charge is 2.45. The fourth-order valence-corrected chi connectivity index (χ4v) is 5.28. The molecule has 1 aromatic heterocycles. The third-order valence-corrected chi connectivity index (χ3v) is 7.24. The summed E-state index contributed by atoms with van der Waals surface area (Å²) >= 11 is 0. The van der Waals surface area contributed by atoms with Gasteiger partial charge >= 0.3 is 13.7 Å². The number of aromatic nitrogens is 1. The number of fused-ring (bicyclic) bond motifs is 1. The van der Waals surface area contributed by atoms with Crippen LogP contribution in [0.25, 0.3) is 10.9 Å². The van der Waals surface area contributed by atoms with Crippen molar-refractivity contribution in [2.75, 3.05) is 0 Å². The molecule has 1 saturated heterocycles. The van der Waals surface area contributed by atoms with E-state index in [-0.39, 0.29) is 18.8 Å². The number of hydrogen-bond donors (Lipinski definition) is 8. The van der Waals surface area contributed by atoms with Crippen molar-refractivity contribution in [3.05, 3.63) is 36.0 Å². The van der Waals surface area contributed by atoms with Crippen molar-refractivity contribution in [1.29, 1.82) is 0 Å². The predicted octanol–water partition coefficient (Wildman–Crippen LogP) is 0.229. The van der Waals surface area contributed by atoms with Crippen LogP contribution in [0.4, 0.5) is 0 Å². The van der Waals surface area contributed by atoms with Crippen LogP contribution < -0.4 is 10.4 Å². The highest BCUT2D eigenvalue weighted by atomic mass is 31.2. The number of carbonyl (C=O) groups is 2. The van der Waals surface area contributed by atoms with E-state index in [0.717, 1.165) is 10.9 Å². The van der Waals surface area contributed by atoms with Gasteiger partial charge in [0.25, 0.3) is 0 Å². The van der Waals surface area contributed by atoms with E-state index in [2.05, 4.69) is 15.4 Å². The van der Waals surface area contributed by atoms with Gasteiger partial charge in [0.15, 0.2) is 6.29 Å².